The Bertz CT molecular complexity index is 950. The van der Waals surface area contributed by atoms with Gasteiger partial charge in [-0.05, 0) is 31.0 Å². The average Bonchev–Trinajstić information content (AvgIpc) is 3.45. The van der Waals surface area contributed by atoms with Crippen molar-refractivity contribution < 1.29 is 14.1 Å². The number of imidazole rings is 1. The molecule has 31 heavy (non-hydrogen) atoms. The molecule has 0 aliphatic carbocycles. The summed E-state index contributed by atoms with van der Waals surface area (Å²) in [5.74, 6) is 2.42. The number of nitrogens with zero attached hydrogens (tertiary/aromatic N) is 4. The van der Waals surface area contributed by atoms with Crippen LogP contribution in [0.5, 0.6) is 5.75 Å². The van der Waals surface area contributed by atoms with Gasteiger partial charge in [-0.2, -0.15) is 0 Å². The van der Waals surface area contributed by atoms with Crippen molar-refractivity contribution in [2.45, 2.75) is 24.9 Å². The van der Waals surface area contributed by atoms with E-state index in [0.717, 1.165) is 54.8 Å². The molecule has 9 heteroatoms. The highest BCUT2D eigenvalue weighted by Crippen LogP contribution is 2.18. The number of hydrogen-bond donors (Lipinski definition) is 1. The van der Waals surface area contributed by atoms with Crippen molar-refractivity contribution in [2.75, 3.05) is 38.5 Å². The first kappa shape index (κ1) is 21.5. The third-order valence-corrected chi connectivity index (χ3v) is 6.12. The topological polar surface area (TPSA) is 87.5 Å². The molecule has 3 aromatic rings. The zero-order valence-electron chi connectivity index (χ0n) is 17.6. The fourth-order valence-corrected chi connectivity index (χ4v) is 4.26. The molecule has 0 spiro atoms. The number of benzene rings is 1. The van der Waals surface area contributed by atoms with Crippen molar-refractivity contribution in [1.29, 1.82) is 0 Å². The summed E-state index contributed by atoms with van der Waals surface area (Å²) >= 11 is 1.69. The molecular weight excluding hydrogens is 414 g/mol. The molecule has 1 aliphatic heterocycles. The molecule has 0 unspecified atom stereocenters. The van der Waals surface area contributed by atoms with Crippen molar-refractivity contribution in [3.8, 4) is 5.75 Å². The second-order valence-electron chi connectivity index (χ2n) is 7.52. The number of aromatic amines is 1. The van der Waals surface area contributed by atoms with Crippen molar-refractivity contribution >= 4 is 17.9 Å². The molecule has 1 aliphatic rings. The molecule has 0 atom stereocenters. The van der Waals surface area contributed by atoms with E-state index < -0.39 is 0 Å². The number of amides is 1. The van der Waals surface area contributed by atoms with Gasteiger partial charge in [0, 0.05) is 63.4 Å². The summed E-state index contributed by atoms with van der Waals surface area (Å²) in [6.45, 7) is 5.81. The summed E-state index contributed by atoms with van der Waals surface area (Å²) in [6, 6.07) is 9.71. The molecule has 4 rings (SSSR count). The number of piperazine rings is 1. The van der Waals surface area contributed by atoms with Crippen LogP contribution in [0.4, 0.5) is 4.79 Å². The minimum absolute atomic E-state index is 0.286. The highest BCUT2D eigenvalue weighted by atomic mass is 32.2. The summed E-state index contributed by atoms with van der Waals surface area (Å²) in [5.41, 5.74) is 2.11. The predicted octanol–water partition coefficient (Wildman–Crippen LogP) is 3.40. The molecule has 164 valence electrons. The summed E-state index contributed by atoms with van der Waals surface area (Å²) in [7, 11) is 0. The van der Waals surface area contributed by atoms with Crippen LogP contribution in [0.3, 0.4) is 0 Å². The Kier molecular flexibility index (Phi) is 7.26. The van der Waals surface area contributed by atoms with Gasteiger partial charge in [0.25, 0.3) is 0 Å². The second kappa shape index (κ2) is 10.5. The molecular formula is C22H27N5O3S. The van der Waals surface area contributed by atoms with Gasteiger partial charge in [0.15, 0.2) is 5.16 Å². The van der Waals surface area contributed by atoms with Gasteiger partial charge >= 0.3 is 6.09 Å². The van der Waals surface area contributed by atoms with E-state index in [9.17, 15) is 4.79 Å². The number of carbonyl (C=O) groups excluding carboxylic acids is 1. The van der Waals surface area contributed by atoms with Gasteiger partial charge in [0.1, 0.15) is 11.5 Å². The van der Waals surface area contributed by atoms with E-state index in [2.05, 4.69) is 20.0 Å². The normalized spacial score (nSPS) is 14.7. The highest BCUT2D eigenvalue weighted by molar-refractivity contribution is 7.99. The zero-order valence-corrected chi connectivity index (χ0v) is 18.4. The van der Waals surface area contributed by atoms with Crippen molar-refractivity contribution in [1.82, 2.24) is 24.9 Å². The van der Waals surface area contributed by atoms with Crippen LogP contribution < -0.4 is 4.74 Å². The minimum Gasteiger partial charge on any atom is -0.410 e. The first-order valence-corrected chi connectivity index (χ1v) is 11.5. The van der Waals surface area contributed by atoms with Gasteiger partial charge in [-0.3, -0.25) is 4.90 Å². The third-order valence-electron chi connectivity index (χ3n) is 5.21. The Morgan fingerprint density at radius 2 is 2.00 bits per heavy atom. The lowest BCUT2D eigenvalue weighted by Crippen LogP contribution is -2.49. The molecule has 1 N–H and O–H groups in total. The standard InChI is InChI=1S/C22H27N5O3S/c1-17-16-20(30-25-17)6-10-26-11-13-27(14-12-26)22(28)29-19-4-2-18(3-5-19)7-15-31-21-23-8-9-24-21/h2-5,8-9,16H,6-7,10-15H2,1H3,(H,23,24). The Hall–Kier alpha value is -2.78. The van der Waals surface area contributed by atoms with E-state index in [4.69, 9.17) is 9.26 Å². The molecule has 3 heterocycles. The maximum Gasteiger partial charge on any atom is 0.415 e. The largest absolute Gasteiger partial charge is 0.415 e. The number of H-pyrrole nitrogens is 1. The predicted molar refractivity (Wildman–Crippen MR) is 118 cm³/mol. The number of thioether (sulfide) groups is 1. The van der Waals surface area contributed by atoms with E-state index in [1.807, 2.05) is 43.5 Å². The molecule has 1 aromatic carbocycles. The lowest BCUT2D eigenvalue weighted by atomic mass is 10.2. The smallest absolute Gasteiger partial charge is 0.410 e. The zero-order chi connectivity index (χ0) is 21.5. The van der Waals surface area contributed by atoms with Crippen LogP contribution in [-0.2, 0) is 12.8 Å². The van der Waals surface area contributed by atoms with Crippen LogP contribution >= 0.6 is 11.8 Å². The maximum absolute atomic E-state index is 12.5. The molecule has 0 saturated carbocycles. The monoisotopic (exact) mass is 441 g/mol. The Morgan fingerprint density at radius 1 is 1.19 bits per heavy atom. The van der Waals surface area contributed by atoms with Gasteiger partial charge in [0.2, 0.25) is 0 Å². The van der Waals surface area contributed by atoms with Crippen LogP contribution in [0.25, 0.3) is 0 Å². The first-order valence-electron chi connectivity index (χ1n) is 10.5. The van der Waals surface area contributed by atoms with Gasteiger partial charge < -0.3 is 19.1 Å². The fraction of sp³-hybridized carbons (Fsp3) is 0.409. The molecule has 0 bridgehead atoms. The summed E-state index contributed by atoms with van der Waals surface area (Å²) in [5, 5.41) is 4.85. The number of hydrogen-bond acceptors (Lipinski definition) is 7. The Labute approximate surface area is 186 Å². The van der Waals surface area contributed by atoms with Gasteiger partial charge in [-0.15, -0.1) is 0 Å². The van der Waals surface area contributed by atoms with E-state index in [-0.39, 0.29) is 6.09 Å². The minimum atomic E-state index is -0.286. The van der Waals surface area contributed by atoms with Gasteiger partial charge in [-0.25, -0.2) is 9.78 Å². The first-order chi connectivity index (χ1) is 15.2. The molecule has 1 amide bonds. The average molecular weight is 442 g/mol. The molecule has 0 radical (unpaired) electrons. The second-order valence-corrected chi connectivity index (χ2v) is 8.60. The maximum atomic E-state index is 12.5. The van der Waals surface area contributed by atoms with E-state index in [1.165, 1.54) is 5.56 Å². The Balaban J connectivity index is 1.16. The van der Waals surface area contributed by atoms with Crippen LogP contribution in [0.15, 0.2) is 52.4 Å². The summed E-state index contributed by atoms with van der Waals surface area (Å²) in [6.07, 6.45) is 5.05. The number of ether oxygens (including phenoxy) is 1. The molecule has 2 aromatic heterocycles. The molecule has 1 saturated heterocycles. The van der Waals surface area contributed by atoms with Crippen molar-refractivity contribution in [3.63, 3.8) is 0 Å². The number of carbonyl (C=O) groups is 1. The highest BCUT2D eigenvalue weighted by Gasteiger charge is 2.22. The van der Waals surface area contributed by atoms with Gasteiger partial charge in [0.05, 0.1) is 5.69 Å². The number of rotatable bonds is 8. The van der Waals surface area contributed by atoms with Crippen LogP contribution in [0.2, 0.25) is 0 Å². The van der Waals surface area contributed by atoms with Crippen LogP contribution in [0.1, 0.15) is 17.0 Å². The van der Waals surface area contributed by atoms with E-state index in [0.29, 0.717) is 18.8 Å². The molecule has 8 nitrogen and oxygen atoms in total. The van der Waals surface area contributed by atoms with Crippen molar-refractivity contribution in [2.24, 2.45) is 0 Å². The lowest BCUT2D eigenvalue weighted by Gasteiger charge is -2.33. The van der Waals surface area contributed by atoms with Crippen LogP contribution in [0, 0.1) is 6.92 Å². The third kappa shape index (κ3) is 6.35. The number of nitrogens with one attached hydrogen (secondary N) is 1. The van der Waals surface area contributed by atoms with E-state index >= 15 is 0 Å². The Morgan fingerprint density at radius 3 is 2.68 bits per heavy atom. The summed E-state index contributed by atoms with van der Waals surface area (Å²) < 4.78 is 10.8. The fourth-order valence-electron chi connectivity index (χ4n) is 3.44. The lowest BCUT2D eigenvalue weighted by molar-refractivity contribution is 0.110. The van der Waals surface area contributed by atoms with Gasteiger partial charge in [-0.1, -0.05) is 29.1 Å². The SMILES string of the molecule is Cc1cc(CCN2CCN(C(=O)Oc3ccc(CCSc4ncc[nH]4)cc3)CC2)on1. The quantitative estimate of drug-likeness (QED) is 0.536. The van der Waals surface area contributed by atoms with E-state index in [1.54, 1.807) is 22.9 Å². The number of aromatic nitrogens is 3. The number of aryl methyl sites for hydroxylation is 2. The van der Waals surface area contributed by atoms with Crippen molar-refractivity contribution in [3.05, 3.63) is 59.7 Å². The molecule has 1 fully saturated rings. The summed E-state index contributed by atoms with van der Waals surface area (Å²) in [4.78, 5) is 23.9. The van der Waals surface area contributed by atoms with Crippen LogP contribution in [-0.4, -0.2) is 69.5 Å².